The van der Waals surface area contributed by atoms with Crippen molar-refractivity contribution in [3.63, 3.8) is 0 Å². The van der Waals surface area contributed by atoms with E-state index >= 15 is 0 Å². The van der Waals surface area contributed by atoms with Crippen molar-refractivity contribution in [2.24, 2.45) is 0 Å². The summed E-state index contributed by atoms with van der Waals surface area (Å²) in [5.74, 6) is 0. The van der Waals surface area contributed by atoms with E-state index in [1.807, 2.05) is 24.3 Å². The van der Waals surface area contributed by atoms with Gasteiger partial charge in [0.1, 0.15) is 0 Å². The molecule has 0 fully saturated rings. The second-order valence-electron chi connectivity index (χ2n) is 5.41. The lowest BCUT2D eigenvalue weighted by molar-refractivity contribution is -0.0110. The Morgan fingerprint density at radius 1 is 1.14 bits per heavy atom. The van der Waals surface area contributed by atoms with E-state index in [4.69, 9.17) is 16.3 Å². The summed E-state index contributed by atoms with van der Waals surface area (Å²) in [6.45, 7) is 0. The van der Waals surface area contributed by atoms with Gasteiger partial charge in [-0.15, -0.1) is 0 Å². The first-order chi connectivity index (χ1) is 10.3. The normalized spacial score (nSPS) is 19.0. The number of hydrogen-bond acceptors (Lipinski definition) is 1. The molecule has 3 rings (SSSR count). The number of ether oxygens (including phenoxy) is 1. The van der Waals surface area contributed by atoms with Gasteiger partial charge in [0.05, 0.1) is 12.2 Å². The van der Waals surface area contributed by atoms with Gasteiger partial charge in [-0.3, -0.25) is 0 Å². The predicted molar refractivity (Wildman–Crippen MR) is 91.2 cm³/mol. The van der Waals surface area contributed by atoms with Crippen molar-refractivity contribution in [2.45, 2.75) is 31.5 Å². The molecular weight excluding hydrogens is 348 g/mol. The third-order valence-electron chi connectivity index (χ3n) is 4.02. The fourth-order valence-corrected chi connectivity index (χ4v) is 3.58. The molecule has 0 aromatic heterocycles. The van der Waals surface area contributed by atoms with Crippen LogP contribution in [0.25, 0.3) is 0 Å². The van der Waals surface area contributed by atoms with E-state index in [2.05, 4.69) is 40.2 Å². The van der Waals surface area contributed by atoms with Crippen molar-refractivity contribution >= 4 is 27.5 Å². The maximum Gasteiger partial charge on any atom is 0.0930 e. The van der Waals surface area contributed by atoms with E-state index in [9.17, 15) is 0 Å². The molecule has 3 heteroatoms. The molecule has 0 heterocycles. The minimum atomic E-state index is 0.0541. The SMILES string of the molecule is Clc1ccc(C(CBr)OC2CCCc3ccccc32)cc1. The molecule has 0 spiro atoms. The molecule has 1 nitrogen and oxygen atoms in total. The number of rotatable bonds is 4. The summed E-state index contributed by atoms with van der Waals surface area (Å²) in [5, 5.41) is 1.54. The maximum atomic E-state index is 6.40. The molecule has 0 saturated carbocycles. The van der Waals surface area contributed by atoms with Crippen molar-refractivity contribution in [2.75, 3.05) is 5.33 Å². The van der Waals surface area contributed by atoms with Gasteiger partial charge in [-0.1, -0.05) is 63.9 Å². The van der Waals surface area contributed by atoms with Crippen LogP contribution in [0.1, 0.15) is 41.7 Å². The van der Waals surface area contributed by atoms with Gasteiger partial charge in [-0.2, -0.15) is 0 Å². The molecule has 1 aliphatic carbocycles. The van der Waals surface area contributed by atoms with Gasteiger partial charge in [0.15, 0.2) is 0 Å². The van der Waals surface area contributed by atoms with Crippen LogP contribution in [0.5, 0.6) is 0 Å². The minimum absolute atomic E-state index is 0.0541. The summed E-state index contributed by atoms with van der Waals surface area (Å²) in [7, 11) is 0. The molecule has 0 bridgehead atoms. The van der Waals surface area contributed by atoms with Crippen LogP contribution in [0.4, 0.5) is 0 Å². The number of fused-ring (bicyclic) bond motifs is 1. The standard InChI is InChI=1S/C18H18BrClO/c19-12-18(14-8-10-15(20)11-9-14)21-17-7-3-5-13-4-1-2-6-16(13)17/h1-2,4,6,8-11,17-18H,3,5,7,12H2. The lowest BCUT2D eigenvalue weighted by Crippen LogP contribution is -2.16. The Balaban J connectivity index is 1.80. The molecule has 21 heavy (non-hydrogen) atoms. The van der Waals surface area contributed by atoms with Gasteiger partial charge in [0.25, 0.3) is 0 Å². The van der Waals surface area contributed by atoms with Crippen molar-refractivity contribution in [3.05, 3.63) is 70.2 Å². The second kappa shape index (κ2) is 6.95. The Morgan fingerprint density at radius 2 is 1.90 bits per heavy atom. The Kier molecular flexibility index (Phi) is 4.99. The van der Waals surface area contributed by atoms with E-state index in [0.717, 1.165) is 23.2 Å². The molecule has 0 N–H and O–H groups in total. The van der Waals surface area contributed by atoms with Gasteiger partial charge in [-0.25, -0.2) is 0 Å². The number of hydrogen-bond donors (Lipinski definition) is 0. The maximum absolute atomic E-state index is 6.40. The summed E-state index contributed by atoms with van der Waals surface area (Å²) in [6, 6.07) is 16.6. The first kappa shape index (κ1) is 15.1. The number of alkyl halides is 1. The van der Waals surface area contributed by atoms with E-state index in [0.29, 0.717) is 0 Å². The lowest BCUT2D eigenvalue weighted by Gasteiger charge is -2.29. The van der Waals surface area contributed by atoms with Crippen LogP contribution in [0.3, 0.4) is 0 Å². The van der Waals surface area contributed by atoms with Gasteiger partial charge >= 0.3 is 0 Å². The van der Waals surface area contributed by atoms with Gasteiger partial charge in [-0.05, 0) is 48.1 Å². The molecule has 0 saturated heterocycles. The van der Waals surface area contributed by atoms with Crippen LogP contribution in [0.15, 0.2) is 48.5 Å². The van der Waals surface area contributed by atoms with Gasteiger partial charge in [0, 0.05) is 10.4 Å². The molecule has 110 valence electrons. The van der Waals surface area contributed by atoms with E-state index < -0.39 is 0 Å². The third-order valence-corrected chi connectivity index (χ3v) is 4.86. The zero-order valence-corrected chi connectivity index (χ0v) is 14.1. The fourth-order valence-electron chi connectivity index (χ4n) is 2.93. The number of aryl methyl sites for hydroxylation is 1. The van der Waals surface area contributed by atoms with E-state index in [1.54, 1.807) is 0 Å². The highest BCUT2D eigenvalue weighted by Gasteiger charge is 2.24. The monoisotopic (exact) mass is 364 g/mol. The molecule has 2 aromatic rings. The Morgan fingerprint density at radius 3 is 2.67 bits per heavy atom. The molecule has 2 aromatic carbocycles. The van der Waals surface area contributed by atoms with Crippen molar-refractivity contribution in [1.29, 1.82) is 0 Å². The molecular formula is C18H18BrClO. The van der Waals surface area contributed by atoms with Crippen LogP contribution in [-0.2, 0) is 11.2 Å². The Hall–Kier alpha value is -0.830. The number of halogens is 2. The Bertz CT molecular complexity index is 596. The van der Waals surface area contributed by atoms with Gasteiger partial charge < -0.3 is 4.74 Å². The zero-order valence-electron chi connectivity index (χ0n) is 11.8. The summed E-state index contributed by atoms with van der Waals surface area (Å²) in [5.41, 5.74) is 3.95. The van der Waals surface area contributed by atoms with Crippen molar-refractivity contribution in [3.8, 4) is 0 Å². The van der Waals surface area contributed by atoms with Crippen LogP contribution in [0, 0.1) is 0 Å². The summed E-state index contributed by atoms with van der Waals surface area (Å²) in [6.07, 6.45) is 3.69. The first-order valence-corrected chi connectivity index (χ1v) is 8.82. The molecule has 0 radical (unpaired) electrons. The highest BCUT2D eigenvalue weighted by Crippen LogP contribution is 2.36. The molecule has 2 atom stereocenters. The summed E-state index contributed by atoms with van der Waals surface area (Å²) < 4.78 is 6.40. The Labute approximate surface area is 139 Å². The zero-order chi connectivity index (χ0) is 14.7. The lowest BCUT2D eigenvalue weighted by atomic mass is 9.89. The fraction of sp³-hybridized carbons (Fsp3) is 0.333. The quantitative estimate of drug-likeness (QED) is 0.616. The van der Waals surface area contributed by atoms with Crippen molar-refractivity contribution < 1.29 is 4.74 Å². The van der Waals surface area contributed by atoms with Crippen LogP contribution in [0.2, 0.25) is 5.02 Å². The first-order valence-electron chi connectivity index (χ1n) is 7.32. The van der Waals surface area contributed by atoms with E-state index in [-0.39, 0.29) is 12.2 Å². The summed E-state index contributed by atoms with van der Waals surface area (Å²) in [4.78, 5) is 0. The highest BCUT2D eigenvalue weighted by atomic mass is 79.9. The number of benzene rings is 2. The van der Waals surface area contributed by atoms with Crippen LogP contribution < -0.4 is 0 Å². The average molecular weight is 366 g/mol. The van der Waals surface area contributed by atoms with Gasteiger partial charge in [0.2, 0.25) is 0 Å². The molecule has 0 amide bonds. The third kappa shape index (κ3) is 3.50. The van der Waals surface area contributed by atoms with E-state index in [1.165, 1.54) is 23.1 Å². The molecule has 1 aliphatic rings. The van der Waals surface area contributed by atoms with Crippen molar-refractivity contribution in [1.82, 2.24) is 0 Å². The highest BCUT2D eigenvalue weighted by molar-refractivity contribution is 9.09. The summed E-state index contributed by atoms with van der Waals surface area (Å²) >= 11 is 9.55. The molecule has 0 aliphatic heterocycles. The largest absolute Gasteiger partial charge is 0.365 e. The van der Waals surface area contributed by atoms with Crippen LogP contribution in [-0.4, -0.2) is 5.33 Å². The van der Waals surface area contributed by atoms with Crippen LogP contribution >= 0.6 is 27.5 Å². The topological polar surface area (TPSA) is 9.23 Å². The average Bonchev–Trinajstić information content (AvgIpc) is 2.54. The smallest absolute Gasteiger partial charge is 0.0930 e. The predicted octanol–water partition coefficient (Wildman–Crippen LogP) is 5.87. The minimum Gasteiger partial charge on any atom is -0.365 e. The molecule has 2 unspecified atom stereocenters. The second-order valence-corrected chi connectivity index (χ2v) is 6.49.